The van der Waals surface area contributed by atoms with E-state index in [1.54, 1.807) is 54.4 Å². The number of nitrogens with zero attached hydrogens (tertiary/aromatic N) is 4. The minimum Gasteiger partial charge on any atom is -0.508 e. The highest BCUT2D eigenvalue weighted by molar-refractivity contribution is 6.10. The number of hydrogen-bond acceptors (Lipinski definition) is 6. The fourth-order valence-electron chi connectivity index (χ4n) is 2.12. The number of hydrazone groups is 1. The van der Waals surface area contributed by atoms with E-state index in [0.717, 1.165) is 17.1 Å². The number of phenols is 1. The molecule has 3 N–H and O–H groups in total. The van der Waals surface area contributed by atoms with Crippen LogP contribution < -0.4 is 10.7 Å². The van der Waals surface area contributed by atoms with Gasteiger partial charge in [0.25, 0.3) is 0 Å². The maximum Gasteiger partial charge on any atom is 0.165 e. The number of benzene rings is 1. The lowest BCUT2D eigenvalue weighted by Crippen LogP contribution is -2.01. The second-order valence-electron chi connectivity index (χ2n) is 4.80. The van der Waals surface area contributed by atoms with Crippen molar-refractivity contribution in [2.45, 2.75) is 0 Å². The van der Waals surface area contributed by atoms with Gasteiger partial charge in [0.2, 0.25) is 0 Å². The molecule has 0 amide bonds. The van der Waals surface area contributed by atoms with Crippen molar-refractivity contribution >= 4 is 28.9 Å². The van der Waals surface area contributed by atoms with E-state index in [4.69, 9.17) is 0 Å². The SMILES string of the molecule is C=C(/C=N\NC)c1cnn2c(Nc3ccc(O)cc3)ccnc12. The molecule has 3 rings (SSSR count). The molecule has 2 aromatic heterocycles. The Morgan fingerprint density at radius 1 is 1.30 bits per heavy atom. The second kappa shape index (κ2) is 6.18. The summed E-state index contributed by atoms with van der Waals surface area (Å²) in [5.41, 5.74) is 5.72. The van der Waals surface area contributed by atoms with E-state index in [2.05, 4.69) is 32.5 Å². The summed E-state index contributed by atoms with van der Waals surface area (Å²) in [4.78, 5) is 4.36. The summed E-state index contributed by atoms with van der Waals surface area (Å²) < 4.78 is 1.70. The molecule has 0 spiro atoms. The molecule has 7 heteroatoms. The highest BCUT2D eigenvalue weighted by Crippen LogP contribution is 2.22. The predicted molar refractivity (Wildman–Crippen MR) is 91.0 cm³/mol. The molecule has 0 atom stereocenters. The van der Waals surface area contributed by atoms with Crippen LogP contribution in [-0.2, 0) is 0 Å². The van der Waals surface area contributed by atoms with E-state index in [1.807, 2.05) is 6.07 Å². The van der Waals surface area contributed by atoms with E-state index >= 15 is 0 Å². The van der Waals surface area contributed by atoms with Crippen LogP contribution in [0.4, 0.5) is 11.5 Å². The Morgan fingerprint density at radius 3 is 2.83 bits per heavy atom. The number of aromatic hydroxyl groups is 1. The maximum absolute atomic E-state index is 9.35. The molecule has 0 fully saturated rings. The lowest BCUT2D eigenvalue weighted by atomic mass is 10.2. The fraction of sp³-hybridized carbons (Fsp3) is 0.0625. The van der Waals surface area contributed by atoms with Gasteiger partial charge < -0.3 is 15.8 Å². The van der Waals surface area contributed by atoms with Gasteiger partial charge in [-0.1, -0.05) is 6.58 Å². The first-order chi connectivity index (χ1) is 11.2. The summed E-state index contributed by atoms with van der Waals surface area (Å²) in [6, 6.07) is 8.62. The van der Waals surface area contributed by atoms with Gasteiger partial charge in [-0.05, 0) is 35.9 Å². The van der Waals surface area contributed by atoms with Gasteiger partial charge >= 0.3 is 0 Å². The number of rotatable bonds is 5. The third-order valence-electron chi connectivity index (χ3n) is 3.24. The maximum atomic E-state index is 9.35. The minimum atomic E-state index is 0.219. The Kier molecular flexibility index (Phi) is 3.92. The number of allylic oxidation sites excluding steroid dienone is 1. The Morgan fingerprint density at radius 2 is 2.09 bits per heavy atom. The molecule has 0 aliphatic rings. The molecular weight excluding hydrogens is 292 g/mol. The molecule has 7 nitrogen and oxygen atoms in total. The third-order valence-corrected chi connectivity index (χ3v) is 3.24. The highest BCUT2D eigenvalue weighted by atomic mass is 16.3. The molecule has 23 heavy (non-hydrogen) atoms. The van der Waals surface area contributed by atoms with E-state index in [9.17, 15) is 5.11 Å². The van der Waals surface area contributed by atoms with Gasteiger partial charge in [0.05, 0.1) is 12.4 Å². The van der Waals surface area contributed by atoms with Crippen LogP contribution in [-0.4, -0.2) is 33.0 Å². The summed E-state index contributed by atoms with van der Waals surface area (Å²) in [7, 11) is 1.72. The lowest BCUT2D eigenvalue weighted by Gasteiger charge is -2.08. The number of phenolic OH excluding ortho intramolecular Hbond substituents is 1. The first-order valence-electron chi connectivity index (χ1n) is 6.97. The van der Waals surface area contributed by atoms with Gasteiger partial charge in [-0.15, -0.1) is 0 Å². The molecule has 3 aromatic rings. The number of aromatic nitrogens is 3. The zero-order valence-electron chi connectivity index (χ0n) is 12.6. The van der Waals surface area contributed by atoms with Gasteiger partial charge in [-0.25, -0.2) is 4.98 Å². The van der Waals surface area contributed by atoms with Crippen molar-refractivity contribution in [3.8, 4) is 5.75 Å². The molecule has 0 aliphatic heterocycles. The van der Waals surface area contributed by atoms with Crippen molar-refractivity contribution in [1.29, 1.82) is 0 Å². The zero-order chi connectivity index (χ0) is 16.2. The summed E-state index contributed by atoms with van der Waals surface area (Å²) in [6.07, 6.45) is 5.03. The summed E-state index contributed by atoms with van der Waals surface area (Å²) >= 11 is 0. The largest absolute Gasteiger partial charge is 0.508 e. The molecule has 0 bridgehead atoms. The highest BCUT2D eigenvalue weighted by Gasteiger charge is 2.10. The van der Waals surface area contributed by atoms with Crippen LogP contribution in [0.15, 0.2) is 54.4 Å². The summed E-state index contributed by atoms with van der Waals surface area (Å²) in [5, 5.41) is 20.9. The van der Waals surface area contributed by atoms with Crippen molar-refractivity contribution in [2.75, 3.05) is 12.4 Å². The Hall–Kier alpha value is -3.35. The van der Waals surface area contributed by atoms with Crippen molar-refractivity contribution in [2.24, 2.45) is 5.10 Å². The fourth-order valence-corrected chi connectivity index (χ4v) is 2.12. The van der Waals surface area contributed by atoms with Gasteiger partial charge in [0.15, 0.2) is 5.65 Å². The smallest absolute Gasteiger partial charge is 0.165 e. The van der Waals surface area contributed by atoms with Crippen LogP contribution in [0.1, 0.15) is 5.56 Å². The standard InChI is InChI=1S/C16H16N6O/c1-11(9-19-17-2)14-10-20-22-15(7-8-18-16(14)22)21-12-3-5-13(23)6-4-12/h3-10,17,21,23H,1H2,2H3/b19-9-. The molecule has 0 saturated heterocycles. The lowest BCUT2D eigenvalue weighted by molar-refractivity contribution is 0.475. The minimum absolute atomic E-state index is 0.219. The van der Waals surface area contributed by atoms with Gasteiger partial charge in [-0.2, -0.15) is 14.7 Å². The van der Waals surface area contributed by atoms with Crippen LogP contribution in [0.3, 0.4) is 0 Å². The third kappa shape index (κ3) is 2.98. The first-order valence-corrected chi connectivity index (χ1v) is 6.97. The monoisotopic (exact) mass is 308 g/mol. The molecule has 0 radical (unpaired) electrons. The second-order valence-corrected chi connectivity index (χ2v) is 4.80. The van der Waals surface area contributed by atoms with E-state index in [-0.39, 0.29) is 5.75 Å². The van der Waals surface area contributed by atoms with Crippen molar-refractivity contribution in [3.05, 3.63) is 54.9 Å². The zero-order valence-corrected chi connectivity index (χ0v) is 12.6. The van der Waals surface area contributed by atoms with Crippen LogP contribution in [0.5, 0.6) is 5.75 Å². The molecular formula is C16H16N6O. The molecule has 116 valence electrons. The molecule has 0 unspecified atom stereocenters. The predicted octanol–water partition coefficient (Wildman–Crippen LogP) is 2.40. The van der Waals surface area contributed by atoms with Crippen LogP contribution >= 0.6 is 0 Å². The van der Waals surface area contributed by atoms with Gasteiger partial charge in [-0.3, -0.25) is 0 Å². The number of nitrogens with one attached hydrogen (secondary N) is 2. The Labute approximate surface area is 133 Å². The van der Waals surface area contributed by atoms with E-state index < -0.39 is 0 Å². The van der Waals surface area contributed by atoms with Crippen LogP contribution in [0.25, 0.3) is 11.2 Å². The molecule has 0 aliphatic carbocycles. The summed E-state index contributed by atoms with van der Waals surface area (Å²) in [6.45, 7) is 3.98. The number of hydrogen-bond donors (Lipinski definition) is 3. The first kappa shape index (κ1) is 14.6. The van der Waals surface area contributed by atoms with Crippen LogP contribution in [0, 0.1) is 0 Å². The molecule has 2 heterocycles. The van der Waals surface area contributed by atoms with E-state index in [0.29, 0.717) is 11.2 Å². The van der Waals surface area contributed by atoms with Crippen LogP contribution in [0.2, 0.25) is 0 Å². The average molecular weight is 308 g/mol. The summed E-state index contributed by atoms with van der Waals surface area (Å²) in [5.74, 6) is 0.974. The van der Waals surface area contributed by atoms with Crippen molar-refractivity contribution in [1.82, 2.24) is 20.0 Å². The Bertz CT molecular complexity index is 866. The number of anilines is 2. The van der Waals surface area contributed by atoms with E-state index in [1.165, 1.54) is 0 Å². The molecule has 0 saturated carbocycles. The molecule has 1 aromatic carbocycles. The Balaban J connectivity index is 1.96. The normalized spacial score (nSPS) is 11.0. The van der Waals surface area contributed by atoms with Crippen molar-refractivity contribution < 1.29 is 5.11 Å². The van der Waals surface area contributed by atoms with Gasteiger partial charge in [0, 0.05) is 24.5 Å². The van der Waals surface area contributed by atoms with Crippen molar-refractivity contribution in [3.63, 3.8) is 0 Å². The van der Waals surface area contributed by atoms with Gasteiger partial charge in [0.1, 0.15) is 11.6 Å². The average Bonchev–Trinajstić information content (AvgIpc) is 3.00. The number of fused-ring (bicyclic) bond motifs is 1. The topological polar surface area (TPSA) is 86.8 Å². The quantitative estimate of drug-likeness (QED) is 0.383.